The molecule has 5 rings (SSSR count). The topological polar surface area (TPSA) is 176 Å². The van der Waals surface area contributed by atoms with Crippen molar-refractivity contribution in [3.8, 4) is 11.5 Å². The van der Waals surface area contributed by atoms with Crippen LogP contribution < -0.4 is 10.6 Å². The Labute approximate surface area is 253 Å². The summed E-state index contributed by atoms with van der Waals surface area (Å²) in [5.74, 6) is -4.02. The van der Waals surface area contributed by atoms with E-state index < -0.39 is 23.8 Å². The largest absolute Gasteiger partial charge is 0.506 e. The monoisotopic (exact) mass is 610 g/mol. The van der Waals surface area contributed by atoms with Crippen LogP contribution in [0, 0.1) is 0 Å². The molecule has 0 atom stereocenters. The molecule has 12 heteroatoms. The van der Waals surface area contributed by atoms with Crippen molar-refractivity contribution in [3.05, 3.63) is 106 Å². The van der Waals surface area contributed by atoms with Gasteiger partial charge in [0, 0.05) is 32.0 Å². The van der Waals surface area contributed by atoms with Crippen LogP contribution in [-0.4, -0.2) is 45.5 Å². The number of carbonyl (C=O) groups excluding carboxylic acids is 6. The lowest BCUT2D eigenvalue weighted by atomic mass is 9.98. The SMILES string of the molecule is CC(=O)c1ccc(C(=O)Nc2cc(Sc3ccc(O)c(NC(=O)c4ccc5c(c4)C(=O)OC5=O)c3)ccc2O)cc1C(C)=O. The van der Waals surface area contributed by atoms with E-state index in [4.69, 9.17) is 0 Å². The van der Waals surface area contributed by atoms with Gasteiger partial charge < -0.3 is 25.6 Å². The molecule has 4 aromatic carbocycles. The van der Waals surface area contributed by atoms with Crippen LogP contribution in [0.5, 0.6) is 11.5 Å². The first kappa shape index (κ1) is 29.7. The molecule has 0 saturated carbocycles. The zero-order valence-corrected chi connectivity index (χ0v) is 23.9. The molecule has 11 nitrogen and oxygen atoms in total. The van der Waals surface area contributed by atoms with E-state index in [0.717, 1.165) is 0 Å². The summed E-state index contributed by atoms with van der Waals surface area (Å²) < 4.78 is 4.55. The Morgan fingerprint density at radius 2 is 1.11 bits per heavy atom. The quantitative estimate of drug-likeness (QED) is 0.0866. The molecule has 4 N–H and O–H groups in total. The average molecular weight is 611 g/mol. The normalized spacial score (nSPS) is 11.9. The highest BCUT2D eigenvalue weighted by atomic mass is 32.2. The number of phenolic OH excluding ortho intramolecular Hbond substituents is 2. The first-order chi connectivity index (χ1) is 20.9. The molecule has 0 spiro atoms. The number of rotatable bonds is 8. The van der Waals surface area contributed by atoms with Gasteiger partial charge in [0.1, 0.15) is 11.5 Å². The van der Waals surface area contributed by atoms with E-state index in [1.165, 1.54) is 86.3 Å². The first-order valence-electron chi connectivity index (χ1n) is 12.9. The van der Waals surface area contributed by atoms with Gasteiger partial charge in [0.2, 0.25) is 0 Å². The lowest BCUT2D eigenvalue weighted by Gasteiger charge is -2.12. The number of Topliss-reactive ketones (excluding diaryl/α,β-unsaturated/α-hetero) is 2. The summed E-state index contributed by atoms with van der Waals surface area (Å²) in [5.41, 5.74) is 0.683. The molecule has 220 valence electrons. The number of carbonyl (C=O) groups is 6. The maximum atomic E-state index is 13.0. The third-order valence-electron chi connectivity index (χ3n) is 6.62. The van der Waals surface area contributed by atoms with Gasteiger partial charge in [0.25, 0.3) is 11.8 Å². The van der Waals surface area contributed by atoms with Crippen LogP contribution in [0.2, 0.25) is 0 Å². The summed E-state index contributed by atoms with van der Waals surface area (Å²) in [7, 11) is 0. The number of hydrogen-bond donors (Lipinski definition) is 4. The number of anilines is 2. The Kier molecular flexibility index (Phi) is 8.01. The molecule has 0 fully saturated rings. The minimum absolute atomic E-state index is 0.0289. The maximum absolute atomic E-state index is 13.0. The van der Waals surface area contributed by atoms with E-state index in [0.29, 0.717) is 9.79 Å². The fourth-order valence-electron chi connectivity index (χ4n) is 4.39. The number of amides is 2. The number of ether oxygens (including phenoxy) is 1. The third-order valence-corrected chi connectivity index (χ3v) is 7.59. The van der Waals surface area contributed by atoms with Crippen molar-refractivity contribution in [2.24, 2.45) is 0 Å². The van der Waals surface area contributed by atoms with Gasteiger partial charge in [-0.3, -0.25) is 19.2 Å². The predicted molar refractivity (Wildman–Crippen MR) is 159 cm³/mol. The summed E-state index contributed by atoms with van der Waals surface area (Å²) in [6.45, 7) is 2.62. The number of cyclic esters (lactones) is 2. The summed E-state index contributed by atoms with van der Waals surface area (Å²) in [5, 5.41) is 25.9. The average Bonchev–Trinajstić information content (AvgIpc) is 3.28. The predicted octanol–water partition coefficient (Wildman–Crippen LogP) is 5.47. The molecule has 44 heavy (non-hydrogen) atoms. The summed E-state index contributed by atoms with van der Waals surface area (Å²) >= 11 is 1.20. The minimum Gasteiger partial charge on any atom is -0.506 e. The Morgan fingerprint density at radius 3 is 1.66 bits per heavy atom. The van der Waals surface area contributed by atoms with Gasteiger partial charge in [-0.05, 0) is 86.6 Å². The van der Waals surface area contributed by atoms with Crippen molar-refractivity contribution < 1.29 is 43.7 Å². The molecule has 1 aliphatic heterocycles. The van der Waals surface area contributed by atoms with Crippen LogP contribution in [0.15, 0.2) is 82.6 Å². The van der Waals surface area contributed by atoms with Gasteiger partial charge in [0.15, 0.2) is 11.6 Å². The summed E-state index contributed by atoms with van der Waals surface area (Å²) in [6, 6.07) is 17.0. The van der Waals surface area contributed by atoms with Gasteiger partial charge in [-0.2, -0.15) is 0 Å². The number of benzene rings is 4. The number of ketones is 2. The Morgan fingerprint density at radius 1 is 0.614 bits per heavy atom. The minimum atomic E-state index is -0.850. The van der Waals surface area contributed by atoms with E-state index in [-0.39, 0.29) is 67.8 Å². The summed E-state index contributed by atoms with van der Waals surface area (Å²) in [6.07, 6.45) is 0. The second-order valence-corrected chi connectivity index (χ2v) is 10.8. The number of fused-ring (bicyclic) bond motifs is 1. The third kappa shape index (κ3) is 6.05. The van der Waals surface area contributed by atoms with Crippen LogP contribution >= 0.6 is 11.8 Å². The molecule has 0 aromatic heterocycles. The van der Waals surface area contributed by atoms with Crippen LogP contribution in [0.4, 0.5) is 11.4 Å². The van der Waals surface area contributed by atoms with Crippen molar-refractivity contribution in [2.45, 2.75) is 23.6 Å². The molecule has 0 unspecified atom stereocenters. The molecule has 0 aliphatic carbocycles. The van der Waals surface area contributed by atoms with Crippen molar-refractivity contribution in [3.63, 3.8) is 0 Å². The van der Waals surface area contributed by atoms with Gasteiger partial charge in [0.05, 0.1) is 22.5 Å². The van der Waals surface area contributed by atoms with Crippen LogP contribution in [0.3, 0.4) is 0 Å². The lowest BCUT2D eigenvalue weighted by molar-refractivity contribution is 0.0443. The first-order valence-corrected chi connectivity index (χ1v) is 13.8. The number of esters is 2. The second kappa shape index (κ2) is 11.9. The Bertz CT molecular complexity index is 1930. The Hall–Kier alpha value is -5.75. The number of aromatic hydroxyl groups is 2. The standard InChI is InChI=1S/C32H22N2O9S/c1-15(35)21-7-3-17(11-23(21)16(2)36)29(39)33-25-13-19(5-9-27(25)37)44-20-6-10-28(38)26(14-20)34-30(40)18-4-8-22-24(12-18)32(42)43-31(22)41/h3-14,37-38H,1-2H3,(H,33,39)(H,34,40). The van der Waals surface area contributed by atoms with E-state index >= 15 is 0 Å². The van der Waals surface area contributed by atoms with Crippen LogP contribution in [0.1, 0.15) is 76.0 Å². The molecular formula is C32H22N2O9S. The molecule has 1 heterocycles. The van der Waals surface area contributed by atoms with Crippen molar-refractivity contribution in [1.29, 1.82) is 0 Å². The second-order valence-electron chi connectivity index (χ2n) is 9.68. The fraction of sp³-hybridized carbons (Fsp3) is 0.0625. The number of phenols is 2. The van der Waals surface area contributed by atoms with Gasteiger partial charge in [-0.25, -0.2) is 9.59 Å². The van der Waals surface area contributed by atoms with E-state index in [1.807, 2.05) is 0 Å². The van der Waals surface area contributed by atoms with Gasteiger partial charge in [-0.1, -0.05) is 11.8 Å². The smallest absolute Gasteiger partial charge is 0.346 e. The highest BCUT2D eigenvalue weighted by Crippen LogP contribution is 2.37. The van der Waals surface area contributed by atoms with Crippen molar-refractivity contribution in [2.75, 3.05) is 10.6 Å². The maximum Gasteiger partial charge on any atom is 0.346 e. The van der Waals surface area contributed by atoms with Gasteiger partial charge in [-0.15, -0.1) is 0 Å². The lowest BCUT2D eigenvalue weighted by Crippen LogP contribution is -2.14. The molecule has 0 bridgehead atoms. The van der Waals surface area contributed by atoms with Crippen LogP contribution in [-0.2, 0) is 4.74 Å². The highest BCUT2D eigenvalue weighted by molar-refractivity contribution is 7.99. The highest BCUT2D eigenvalue weighted by Gasteiger charge is 2.30. The van der Waals surface area contributed by atoms with Gasteiger partial charge >= 0.3 is 11.9 Å². The number of hydrogen-bond acceptors (Lipinski definition) is 10. The molecule has 4 aromatic rings. The summed E-state index contributed by atoms with van der Waals surface area (Å²) in [4.78, 5) is 74.4. The van der Waals surface area contributed by atoms with Crippen LogP contribution in [0.25, 0.3) is 0 Å². The van der Waals surface area contributed by atoms with Crippen molar-refractivity contribution in [1.82, 2.24) is 0 Å². The fourth-order valence-corrected chi connectivity index (χ4v) is 5.29. The molecular weight excluding hydrogens is 588 g/mol. The number of nitrogens with one attached hydrogen (secondary N) is 2. The molecule has 0 saturated heterocycles. The zero-order valence-electron chi connectivity index (χ0n) is 23.1. The van der Waals surface area contributed by atoms with E-state index in [1.54, 1.807) is 12.1 Å². The van der Waals surface area contributed by atoms with E-state index in [2.05, 4.69) is 15.4 Å². The molecule has 0 radical (unpaired) electrons. The van der Waals surface area contributed by atoms with Crippen molar-refractivity contribution >= 4 is 58.5 Å². The Balaban J connectivity index is 1.32. The van der Waals surface area contributed by atoms with E-state index in [9.17, 15) is 39.0 Å². The zero-order chi connectivity index (χ0) is 31.7. The molecule has 1 aliphatic rings. The molecule has 2 amide bonds.